The maximum Gasteiger partial charge on any atom is 0.227 e. The Bertz CT molecular complexity index is 438. The van der Waals surface area contributed by atoms with Crippen molar-refractivity contribution in [3.8, 4) is 0 Å². The van der Waals surface area contributed by atoms with Crippen LogP contribution in [0.25, 0.3) is 0 Å². The molecule has 0 bridgehead atoms. The van der Waals surface area contributed by atoms with Crippen LogP contribution in [-0.2, 0) is 9.59 Å². The summed E-state index contributed by atoms with van der Waals surface area (Å²) in [6, 6.07) is 0.226. The number of hydrogen-bond donors (Lipinski definition) is 1. The number of amides is 2. The zero-order chi connectivity index (χ0) is 17.7. The molecule has 0 radical (unpaired) electrons. The van der Waals surface area contributed by atoms with Gasteiger partial charge in [0, 0.05) is 31.1 Å². The number of rotatable bonds is 5. The van der Waals surface area contributed by atoms with Gasteiger partial charge >= 0.3 is 0 Å². The molecule has 0 unspecified atom stereocenters. The molecule has 2 saturated heterocycles. The highest BCUT2D eigenvalue weighted by Crippen LogP contribution is 2.23. The molecule has 2 amide bonds. The Hall–Kier alpha value is -1.10. The molecule has 0 saturated carbocycles. The fourth-order valence-corrected chi connectivity index (χ4v) is 3.72. The summed E-state index contributed by atoms with van der Waals surface area (Å²) in [5.74, 6) is 0.231. The first-order valence-corrected chi connectivity index (χ1v) is 9.63. The summed E-state index contributed by atoms with van der Waals surface area (Å²) in [7, 11) is 0. The predicted molar refractivity (Wildman–Crippen MR) is 96.7 cm³/mol. The third-order valence-corrected chi connectivity index (χ3v) is 5.24. The minimum atomic E-state index is -0.375. The number of nitrogens with one attached hydrogen (secondary N) is 1. The van der Waals surface area contributed by atoms with Gasteiger partial charge in [-0.25, -0.2) is 0 Å². The molecule has 0 aromatic rings. The van der Waals surface area contributed by atoms with E-state index in [0.717, 1.165) is 45.4 Å². The molecule has 2 atom stereocenters. The van der Waals surface area contributed by atoms with Crippen molar-refractivity contribution in [3.63, 3.8) is 0 Å². The monoisotopic (exact) mass is 337 g/mol. The lowest BCUT2D eigenvalue weighted by molar-refractivity contribution is -0.142. The summed E-state index contributed by atoms with van der Waals surface area (Å²) >= 11 is 0. The molecule has 0 aromatic carbocycles. The van der Waals surface area contributed by atoms with Crippen LogP contribution in [0, 0.1) is 11.3 Å². The van der Waals surface area contributed by atoms with E-state index in [-0.39, 0.29) is 29.2 Å². The molecule has 1 N–H and O–H groups in total. The number of carbonyl (C=O) groups excluding carboxylic acids is 2. The van der Waals surface area contributed by atoms with Gasteiger partial charge in [0.1, 0.15) is 0 Å². The average molecular weight is 338 g/mol. The Morgan fingerprint density at radius 3 is 2.38 bits per heavy atom. The van der Waals surface area contributed by atoms with Crippen molar-refractivity contribution < 1.29 is 9.59 Å². The Balaban J connectivity index is 1.87. The third kappa shape index (κ3) is 5.20. The molecule has 24 heavy (non-hydrogen) atoms. The molecule has 0 aliphatic carbocycles. The first-order valence-electron chi connectivity index (χ1n) is 9.63. The van der Waals surface area contributed by atoms with Gasteiger partial charge in [-0.3, -0.25) is 9.59 Å². The molecule has 2 fully saturated rings. The topological polar surface area (TPSA) is 52.7 Å². The molecule has 5 heteroatoms. The summed E-state index contributed by atoms with van der Waals surface area (Å²) in [6.07, 6.45) is 5.32. The molecule has 2 rings (SSSR count). The van der Waals surface area contributed by atoms with Gasteiger partial charge in [-0.1, -0.05) is 27.7 Å². The molecule has 2 aliphatic rings. The fourth-order valence-electron chi connectivity index (χ4n) is 3.72. The first kappa shape index (κ1) is 19.2. The number of carbonyl (C=O) groups is 2. The highest BCUT2D eigenvalue weighted by molar-refractivity contribution is 5.84. The molecule has 0 aromatic heterocycles. The maximum atomic E-state index is 12.7. The number of hydrogen-bond acceptors (Lipinski definition) is 3. The number of piperidine rings is 1. The van der Waals surface area contributed by atoms with Crippen molar-refractivity contribution in [2.45, 2.75) is 65.8 Å². The minimum Gasteiger partial charge on any atom is -0.352 e. The van der Waals surface area contributed by atoms with Crippen LogP contribution in [0.1, 0.15) is 59.8 Å². The molecule has 0 spiro atoms. The van der Waals surface area contributed by atoms with Crippen LogP contribution in [0.2, 0.25) is 0 Å². The van der Waals surface area contributed by atoms with Crippen molar-refractivity contribution in [2.75, 3.05) is 32.7 Å². The summed E-state index contributed by atoms with van der Waals surface area (Å²) in [5, 5.41) is 3.24. The van der Waals surface area contributed by atoms with Crippen molar-refractivity contribution in [2.24, 2.45) is 11.3 Å². The van der Waals surface area contributed by atoms with E-state index in [2.05, 4.69) is 17.1 Å². The highest BCUT2D eigenvalue weighted by Gasteiger charge is 2.34. The van der Waals surface area contributed by atoms with Crippen LogP contribution in [0.3, 0.4) is 0 Å². The Morgan fingerprint density at radius 2 is 1.79 bits per heavy atom. The normalized spacial score (nSPS) is 24.0. The smallest absolute Gasteiger partial charge is 0.227 e. The second kappa shape index (κ2) is 8.32. The lowest BCUT2D eigenvalue weighted by Gasteiger charge is -2.36. The van der Waals surface area contributed by atoms with Crippen LogP contribution >= 0.6 is 0 Å². The standard InChI is InChI=1S/C19H35N3O2/c1-5-16(14-21-10-6-7-11-21)20-17(23)15-9-8-12-22(13-15)18(24)19(2,3)4/h15-16H,5-14H2,1-4H3,(H,20,23)/t15-,16+/m1/s1. The zero-order valence-corrected chi connectivity index (χ0v) is 15.9. The van der Waals surface area contributed by atoms with Crippen LogP contribution in [0.4, 0.5) is 0 Å². The maximum absolute atomic E-state index is 12.7. The van der Waals surface area contributed by atoms with Crippen molar-refractivity contribution >= 4 is 11.8 Å². The average Bonchev–Trinajstić information content (AvgIpc) is 3.05. The van der Waals surface area contributed by atoms with Gasteiger partial charge in [0.05, 0.1) is 5.92 Å². The first-order chi connectivity index (χ1) is 11.3. The van der Waals surface area contributed by atoms with Crippen molar-refractivity contribution in [1.82, 2.24) is 15.1 Å². The van der Waals surface area contributed by atoms with E-state index < -0.39 is 0 Å². The van der Waals surface area contributed by atoms with Crippen LogP contribution < -0.4 is 5.32 Å². The van der Waals surface area contributed by atoms with E-state index in [9.17, 15) is 9.59 Å². The summed E-state index contributed by atoms with van der Waals surface area (Å²) in [6.45, 7) is 12.6. The highest BCUT2D eigenvalue weighted by atomic mass is 16.2. The molecule has 2 heterocycles. The third-order valence-electron chi connectivity index (χ3n) is 5.24. The lowest BCUT2D eigenvalue weighted by atomic mass is 9.90. The Morgan fingerprint density at radius 1 is 1.12 bits per heavy atom. The van der Waals surface area contributed by atoms with E-state index in [4.69, 9.17) is 0 Å². The van der Waals surface area contributed by atoms with Crippen LogP contribution in [0.15, 0.2) is 0 Å². The number of nitrogens with zero attached hydrogens (tertiary/aromatic N) is 2. The van der Waals surface area contributed by atoms with E-state index >= 15 is 0 Å². The lowest BCUT2D eigenvalue weighted by Crippen LogP contribution is -2.51. The Labute approximate surface area is 147 Å². The van der Waals surface area contributed by atoms with Gasteiger partial charge in [-0.15, -0.1) is 0 Å². The molecular formula is C19H35N3O2. The van der Waals surface area contributed by atoms with Crippen molar-refractivity contribution in [1.29, 1.82) is 0 Å². The molecule has 2 aliphatic heterocycles. The second-order valence-corrected chi connectivity index (χ2v) is 8.46. The van der Waals surface area contributed by atoms with Gasteiger partial charge in [0.15, 0.2) is 0 Å². The molecular weight excluding hydrogens is 302 g/mol. The quantitative estimate of drug-likeness (QED) is 0.837. The van der Waals surface area contributed by atoms with E-state index in [1.807, 2.05) is 25.7 Å². The van der Waals surface area contributed by atoms with Gasteiger partial charge < -0.3 is 15.1 Å². The molecule has 138 valence electrons. The van der Waals surface area contributed by atoms with Gasteiger partial charge in [0.25, 0.3) is 0 Å². The largest absolute Gasteiger partial charge is 0.352 e. The zero-order valence-electron chi connectivity index (χ0n) is 15.9. The number of likely N-dealkylation sites (tertiary alicyclic amines) is 2. The van der Waals surface area contributed by atoms with Crippen molar-refractivity contribution in [3.05, 3.63) is 0 Å². The second-order valence-electron chi connectivity index (χ2n) is 8.46. The van der Waals surface area contributed by atoms with Gasteiger partial charge in [-0.05, 0) is 45.2 Å². The SMILES string of the molecule is CC[C@@H](CN1CCCC1)NC(=O)[C@@H]1CCCN(C(=O)C(C)(C)C)C1. The summed E-state index contributed by atoms with van der Waals surface area (Å²) in [5.41, 5.74) is -0.375. The predicted octanol–water partition coefficient (Wildman–Crippen LogP) is 2.26. The summed E-state index contributed by atoms with van der Waals surface area (Å²) < 4.78 is 0. The van der Waals surface area contributed by atoms with Crippen LogP contribution in [0.5, 0.6) is 0 Å². The van der Waals surface area contributed by atoms with Gasteiger partial charge in [-0.2, -0.15) is 0 Å². The van der Waals surface area contributed by atoms with E-state index in [1.165, 1.54) is 12.8 Å². The minimum absolute atomic E-state index is 0.0577. The van der Waals surface area contributed by atoms with Crippen LogP contribution in [-0.4, -0.2) is 60.4 Å². The van der Waals surface area contributed by atoms with E-state index in [0.29, 0.717) is 6.54 Å². The molecule has 5 nitrogen and oxygen atoms in total. The fraction of sp³-hybridized carbons (Fsp3) is 0.895. The Kier molecular flexibility index (Phi) is 6.67. The van der Waals surface area contributed by atoms with E-state index in [1.54, 1.807) is 0 Å². The summed E-state index contributed by atoms with van der Waals surface area (Å²) in [4.78, 5) is 29.5. The van der Waals surface area contributed by atoms with Gasteiger partial charge in [0.2, 0.25) is 11.8 Å².